The largest absolute Gasteiger partial charge is 0.490 e. The van der Waals surface area contributed by atoms with Crippen molar-refractivity contribution in [1.82, 2.24) is 9.88 Å². The fourth-order valence-corrected chi connectivity index (χ4v) is 4.35. The highest BCUT2D eigenvalue weighted by Gasteiger charge is 2.27. The molecule has 2 heterocycles. The van der Waals surface area contributed by atoms with E-state index in [9.17, 15) is 13.2 Å². The molecule has 0 aliphatic carbocycles. The Balaban J connectivity index is 1.53. The lowest BCUT2D eigenvalue weighted by atomic mass is 10.1. The van der Waals surface area contributed by atoms with E-state index in [0.29, 0.717) is 25.3 Å². The molecular weight excluding hydrogens is 454 g/mol. The first-order chi connectivity index (χ1) is 15.8. The summed E-state index contributed by atoms with van der Waals surface area (Å²) in [4.78, 5) is 18.2. The van der Waals surface area contributed by atoms with Crippen LogP contribution in [0, 0.1) is 13.8 Å². The number of hydrogen-bond acceptors (Lipinski definition) is 7. The summed E-state index contributed by atoms with van der Waals surface area (Å²) in [7, 11) is -3.33. The van der Waals surface area contributed by atoms with E-state index in [4.69, 9.17) is 9.47 Å². The zero-order chi connectivity index (χ0) is 25.1. The predicted molar refractivity (Wildman–Crippen MR) is 132 cm³/mol. The minimum atomic E-state index is -3.33. The predicted octanol–water partition coefficient (Wildman–Crippen LogP) is 4.49. The maximum atomic E-state index is 12.2. The van der Waals surface area contributed by atoms with Crippen LogP contribution in [-0.2, 0) is 21.1 Å². The smallest absolute Gasteiger partial charge is 0.410 e. The van der Waals surface area contributed by atoms with Crippen LogP contribution in [0.4, 0.5) is 10.5 Å². The van der Waals surface area contributed by atoms with E-state index in [1.165, 1.54) is 6.07 Å². The average Bonchev–Trinajstić information content (AvgIpc) is 2.72. The van der Waals surface area contributed by atoms with E-state index in [-0.39, 0.29) is 17.2 Å². The number of hydrogen-bond donors (Lipinski definition) is 1. The molecule has 1 aromatic heterocycles. The molecule has 3 rings (SSSR count). The molecule has 1 N–H and O–H groups in total. The van der Waals surface area contributed by atoms with Gasteiger partial charge in [-0.25, -0.2) is 18.2 Å². The van der Waals surface area contributed by atoms with Gasteiger partial charge in [0.1, 0.15) is 17.5 Å². The van der Waals surface area contributed by atoms with Gasteiger partial charge in [-0.3, -0.25) is 0 Å². The van der Waals surface area contributed by atoms with Gasteiger partial charge in [-0.2, -0.15) is 0 Å². The minimum Gasteiger partial charge on any atom is -0.490 e. The first-order valence-corrected chi connectivity index (χ1v) is 13.4. The molecule has 0 atom stereocenters. The van der Waals surface area contributed by atoms with Gasteiger partial charge in [-0.05, 0) is 70.0 Å². The Kier molecular flexibility index (Phi) is 7.75. The number of aryl methyl sites for hydroxylation is 2. The van der Waals surface area contributed by atoms with Crippen LogP contribution in [0.15, 0.2) is 35.4 Å². The van der Waals surface area contributed by atoms with Crippen LogP contribution in [0.3, 0.4) is 0 Å². The number of likely N-dealkylation sites (tertiary alicyclic amines) is 1. The molecule has 34 heavy (non-hydrogen) atoms. The highest BCUT2D eigenvalue weighted by atomic mass is 32.2. The molecule has 0 spiro atoms. The molecule has 8 nitrogen and oxygen atoms in total. The summed E-state index contributed by atoms with van der Waals surface area (Å²) >= 11 is 0. The topological polar surface area (TPSA) is 97.8 Å². The fraction of sp³-hybridized carbons (Fsp3) is 0.520. The van der Waals surface area contributed by atoms with Crippen molar-refractivity contribution in [1.29, 1.82) is 0 Å². The molecule has 0 bridgehead atoms. The quantitative estimate of drug-likeness (QED) is 0.638. The van der Waals surface area contributed by atoms with Crippen molar-refractivity contribution in [3.63, 3.8) is 0 Å². The van der Waals surface area contributed by atoms with Gasteiger partial charge in [0, 0.05) is 38.7 Å². The molecule has 0 radical (unpaired) electrons. The highest BCUT2D eigenvalue weighted by molar-refractivity contribution is 7.90. The SMILES string of the molecule is Cc1cc(OC2CCN(C(=O)OC(C)(C)C)CC2)ccc1CNc1ccc(S(C)(=O)=O)nc1C. The fourth-order valence-electron chi connectivity index (χ4n) is 3.74. The van der Waals surface area contributed by atoms with Crippen molar-refractivity contribution < 1.29 is 22.7 Å². The number of aromatic nitrogens is 1. The molecule has 1 amide bonds. The molecule has 0 saturated carbocycles. The number of carbonyl (C=O) groups is 1. The monoisotopic (exact) mass is 489 g/mol. The molecule has 1 aliphatic rings. The molecule has 1 fully saturated rings. The summed E-state index contributed by atoms with van der Waals surface area (Å²) in [5.41, 5.74) is 3.14. The van der Waals surface area contributed by atoms with Crippen LogP contribution in [0.2, 0.25) is 0 Å². The molecule has 1 saturated heterocycles. The zero-order valence-electron chi connectivity index (χ0n) is 20.8. The van der Waals surface area contributed by atoms with Crippen molar-refractivity contribution in [3.05, 3.63) is 47.2 Å². The van der Waals surface area contributed by atoms with Crippen molar-refractivity contribution in [2.24, 2.45) is 0 Å². The lowest BCUT2D eigenvalue weighted by Crippen LogP contribution is -2.44. The van der Waals surface area contributed by atoms with E-state index in [0.717, 1.165) is 41.7 Å². The Morgan fingerprint density at radius 2 is 1.82 bits per heavy atom. The first kappa shape index (κ1) is 25.8. The standard InChI is InChI=1S/C25H35N3O5S/c1-17-15-21(32-20-11-13-28(14-12-20)24(29)33-25(3,4)5)8-7-19(17)16-26-22-9-10-23(27-18(22)2)34(6,30)31/h7-10,15,20,26H,11-14,16H2,1-6H3. The molecule has 1 aromatic carbocycles. The van der Waals surface area contributed by atoms with E-state index in [2.05, 4.69) is 10.3 Å². The first-order valence-electron chi connectivity index (χ1n) is 11.5. The maximum absolute atomic E-state index is 12.2. The lowest BCUT2D eigenvalue weighted by molar-refractivity contribution is 0.0126. The third-order valence-corrected chi connectivity index (χ3v) is 6.61. The lowest BCUT2D eigenvalue weighted by Gasteiger charge is -2.33. The van der Waals surface area contributed by atoms with Crippen molar-refractivity contribution in [2.75, 3.05) is 24.7 Å². The van der Waals surface area contributed by atoms with Crippen molar-refractivity contribution >= 4 is 21.6 Å². The number of sulfone groups is 1. The van der Waals surface area contributed by atoms with Crippen LogP contribution in [-0.4, -0.2) is 55.4 Å². The van der Waals surface area contributed by atoms with Gasteiger partial charge in [-0.1, -0.05) is 6.07 Å². The summed E-state index contributed by atoms with van der Waals surface area (Å²) < 4.78 is 35.0. The van der Waals surface area contributed by atoms with E-state index in [1.54, 1.807) is 17.9 Å². The van der Waals surface area contributed by atoms with Gasteiger partial charge >= 0.3 is 6.09 Å². The highest BCUT2D eigenvalue weighted by Crippen LogP contribution is 2.24. The number of amides is 1. The number of anilines is 1. The zero-order valence-corrected chi connectivity index (χ0v) is 21.7. The average molecular weight is 490 g/mol. The number of nitrogens with one attached hydrogen (secondary N) is 1. The Morgan fingerprint density at radius 1 is 1.15 bits per heavy atom. The Hall–Kier alpha value is -2.81. The van der Waals surface area contributed by atoms with Gasteiger partial charge < -0.3 is 19.7 Å². The maximum Gasteiger partial charge on any atom is 0.410 e. The van der Waals surface area contributed by atoms with Crippen LogP contribution < -0.4 is 10.1 Å². The number of ether oxygens (including phenoxy) is 2. The summed E-state index contributed by atoms with van der Waals surface area (Å²) in [6.07, 6.45) is 2.47. The number of carbonyl (C=O) groups excluding carboxylic acids is 1. The second kappa shape index (κ2) is 10.2. The third-order valence-electron chi connectivity index (χ3n) is 5.62. The molecule has 186 valence electrons. The van der Waals surface area contributed by atoms with E-state index >= 15 is 0 Å². The van der Waals surface area contributed by atoms with Gasteiger partial charge in [0.05, 0.1) is 11.4 Å². The summed E-state index contributed by atoms with van der Waals surface area (Å²) in [6.45, 7) is 11.3. The number of piperidine rings is 1. The van der Waals surface area contributed by atoms with Crippen LogP contribution in [0.1, 0.15) is 50.4 Å². The number of rotatable bonds is 6. The van der Waals surface area contributed by atoms with Crippen LogP contribution >= 0.6 is 0 Å². The van der Waals surface area contributed by atoms with Gasteiger partial charge in [0.15, 0.2) is 14.9 Å². The second-order valence-corrected chi connectivity index (χ2v) is 11.7. The Labute approximate surface area is 202 Å². The number of benzene rings is 1. The van der Waals surface area contributed by atoms with Gasteiger partial charge in [0.25, 0.3) is 0 Å². The second-order valence-electron chi connectivity index (χ2n) is 9.78. The normalized spacial score (nSPS) is 15.2. The molecule has 1 aliphatic heterocycles. The van der Waals surface area contributed by atoms with Crippen molar-refractivity contribution in [3.8, 4) is 5.75 Å². The minimum absolute atomic E-state index is 0.0594. The summed E-state index contributed by atoms with van der Waals surface area (Å²) in [5, 5.41) is 3.41. The van der Waals surface area contributed by atoms with Crippen molar-refractivity contribution in [2.45, 2.75) is 70.7 Å². The van der Waals surface area contributed by atoms with Crippen LogP contribution in [0.25, 0.3) is 0 Å². The van der Waals surface area contributed by atoms with Gasteiger partial charge in [-0.15, -0.1) is 0 Å². The summed E-state index contributed by atoms with van der Waals surface area (Å²) in [6, 6.07) is 9.27. The molecule has 2 aromatic rings. The molecule has 0 unspecified atom stereocenters. The molecule has 9 heteroatoms. The van der Waals surface area contributed by atoms with E-state index in [1.807, 2.05) is 45.9 Å². The Morgan fingerprint density at radius 3 is 2.38 bits per heavy atom. The van der Waals surface area contributed by atoms with Gasteiger partial charge in [0.2, 0.25) is 0 Å². The molecular formula is C25H35N3O5S. The van der Waals surface area contributed by atoms with E-state index < -0.39 is 15.4 Å². The number of nitrogens with zero attached hydrogens (tertiary/aromatic N) is 2. The summed E-state index contributed by atoms with van der Waals surface area (Å²) in [5.74, 6) is 0.812. The number of pyridine rings is 1. The van der Waals surface area contributed by atoms with Crippen LogP contribution in [0.5, 0.6) is 5.75 Å². The Bertz CT molecular complexity index is 1130. The third kappa shape index (κ3) is 7.09.